The second kappa shape index (κ2) is 7.70. The van der Waals surface area contributed by atoms with Crippen LogP contribution in [-0.2, 0) is 23.5 Å². The molecule has 0 saturated heterocycles. The monoisotopic (exact) mass is 372 g/mol. The number of rotatable bonds is 6. The van der Waals surface area contributed by atoms with E-state index in [1.165, 1.54) is 16.8 Å². The zero-order chi connectivity index (χ0) is 18.9. The number of ether oxygens (including phenoxy) is 1. The van der Waals surface area contributed by atoms with Crippen LogP contribution >= 0.6 is 0 Å². The van der Waals surface area contributed by atoms with Crippen molar-refractivity contribution in [3.63, 3.8) is 0 Å². The average molecular weight is 372 g/mol. The minimum Gasteiger partial charge on any atom is -0.366 e. The molecule has 2 heterocycles. The number of halogens is 1. The number of hydrogen-bond acceptors (Lipinski definition) is 4. The molecule has 27 heavy (non-hydrogen) atoms. The summed E-state index contributed by atoms with van der Waals surface area (Å²) in [6.07, 6.45) is 6.05. The van der Waals surface area contributed by atoms with Crippen LogP contribution in [0.5, 0.6) is 0 Å². The molecule has 0 bridgehead atoms. The number of H-pyrrole nitrogens is 1. The van der Waals surface area contributed by atoms with Crippen LogP contribution in [-0.4, -0.2) is 42.3 Å². The molecule has 2 aliphatic rings. The van der Waals surface area contributed by atoms with Crippen LogP contribution in [0.4, 0.5) is 4.39 Å². The maximum atomic E-state index is 13.5. The molecule has 0 unspecified atom stereocenters. The van der Waals surface area contributed by atoms with Gasteiger partial charge in [-0.1, -0.05) is 6.07 Å². The molecule has 1 saturated carbocycles. The van der Waals surface area contributed by atoms with Crippen LogP contribution in [0.25, 0.3) is 0 Å². The Bertz CT molecular complexity index is 782. The van der Waals surface area contributed by atoms with E-state index in [1.807, 2.05) is 19.3 Å². The molecule has 1 aromatic carbocycles. The van der Waals surface area contributed by atoms with Gasteiger partial charge in [-0.25, -0.2) is 4.39 Å². The van der Waals surface area contributed by atoms with Gasteiger partial charge in [0.2, 0.25) is 0 Å². The molecule has 0 atom stereocenters. The molecule has 2 aromatic rings. The average Bonchev–Trinajstić information content (AvgIpc) is 3.26. The predicted molar refractivity (Wildman–Crippen MR) is 103 cm³/mol. The largest absolute Gasteiger partial charge is 0.366 e. The highest BCUT2D eigenvalue weighted by atomic mass is 19.1. The molecule has 1 fully saturated rings. The van der Waals surface area contributed by atoms with Gasteiger partial charge in [-0.3, -0.25) is 5.10 Å². The summed E-state index contributed by atoms with van der Waals surface area (Å²) in [5.74, 6) is 0.312. The number of nitrogens with one attached hydrogen (secondary N) is 2. The lowest BCUT2D eigenvalue weighted by atomic mass is 9.73. The van der Waals surface area contributed by atoms with Crippen molar-refractivity contribution in [1.29, 1.82) is 0 Å². The SMILES string of the molecule is CNCCN(C)Cc1cn[nH]c1C1CCC2(CC1)OCc1cc(F)ccc12. The summed E-state index contributed by atoms with van der Waals surface area (Å²) in [4.78, 5) is 2.32. The summed E-state index contributed by atoms with van der Waals surface area (Å²) < 4.78 is 19.7. The van der Waals surface area contributed by atoms with Gasteiger partial charge in [-0.05, 0) is 63.0 Å². The Balaban J connectivity index is 1.43. The van der Waals surface area contributed by atoms with Crippen LogP contribution in [0, 0.1) is 5.82 Å². The third-order valence-electron chi connectivity index (χ3n) is 6.20. The fourth-order valence-electron chi connectivity index (χ4n) is 4.68. The number of aromatic amines is 1. The van der Waals surface area contributed by atoms with Crippen LogP contribution < -0.4 is 5.32 Å². The van der Waals surface area contributed by atoms with E-state index in [0.717, 1.165) is 50.9 Å². The summed E-state index contributed by atoms with van der Waals surface area (Å²) in [5.41, 5.74) is 4.56. The van der Waals surface area contributed by atoms with Gasteiger partial charge in [0.1, 0.15) is 5.82 Å². The minimum atomic E-state index is -0.219. The molecule has 146 valence electrons. The Hall–Kier alpha value is -1.76. The summed E-state index contributed by atoms with van der Waals surface area (Å²) in [7, 11) is 4.12. The smallest absolute Gasteiger partial charge is 0.123 e. The molecule has 6 heteroatoms. The maximum Gasteiger partial charge on any atom is 0.123 e. The van der Waals surface area contributed by atoms with E-state index in [-0.39, 0.29) is 11.4 Å². The highest BCUT2D eigenvalue weighted by molar-refractivity contribution is 5.37. The molecule has 0 radical (unpaired) electrons. The number of benzene rings is 1. The third-order valence-corrected chi connectivity index (χ3v) is 6.20. The van der Waals surface area contributed by atoms with Crippen molar-refractivity contribution in [2.24, 2.45) is 0 Å². The lowest BCUT2D eigenvalue weighted by molar-refractivity contribution is -0.0672. The van der Waals surface area contributed by atoms with E-state index >= 15 is 0 Å². The normalized spacial score (nSPS) is 24.7. The molecular weight excluding hydrogens is 343 g/mol. The molecule has 0 amide bonds. The van der Waals surface area contributed by atoms with E-state index < -0.39 is 0 Å². The Labute approximate surface area is 160 Å². The summed E-state index contributed by atoms with van der Waals surface area (Å²) in [6, 6.07) is 5.12. The first-order valence-electron chi connectivity index (χ1n) is 9.89. The van der Waals surface area contributed by atoms with Crippen molar-refractivity contribution in [2.45, 2.75) is 50.4 Å². The molecule has 1 aliphatic heterocycles. The van der Waals surface area contributed by atoms with E-state index in [2.05, 4.69) is 27.5 Å². The zero-order valence-corrected chi connectivity index (χ0v) is 16.2. The van der Waals surface area contributed by atoms with Gasteiger partial charge >= 0.3 is 0 Å². The predicted octanol–water partition coefficient (Wildman–Crippen LogP) is 3.28. The van der Waals surface area contributed by atoms with Gasteiger partial charge in [-0.15, -0.1) is 0 Å². The third kappa shape index (κ3) is 3.66. The van der Waals surface area contributed by atoms with Crippen LogP contribution in [0.3, 0.4) is 0 Å². The molecule has 5 nitrogen and oxygen atoms in total. The van der Waals surface area contributed by atoms with E-state index in [1.54, 1.807) is 12.1 Å². The number of hydrogen-bond donors (Lipinski definition) is 2. The zero-order valence-electron chi connectivity index (χ0n) is 16.2. The lowest BCUT2D eigenvalue weighted by Crippen LogP contribution is -2.31. The van der Waals surface area contributed by atoms with Gasteiger partial charge in [0.05, 0.1) is 18.4 Å². The molecule has 4 rings (SSSR count). The minimum absolute atomic E-state index is 0.174. The van der Waals surface area contributed by atoms with Crippen molar-refractivity contribution >= 4 is 0 Å². The molecule has 1 aliphatic carbocycles. The fourth-order valence-corrected chi connectivity index (χ4v) is 4.68. The van der Waals surface area contributed by atoms with Crippen molar-refractivity contribution < 1.29 is 9.13 Å². The van der Waals surface area contributed by atoms with E-state index in [9.17, 15) is 4.39 Å². The van der Waals surface area contributed by atoms with Crippen LogP contribution in [0.1, 0.15) is 54.0 Å². The Morgan fingerprint density at radius 2 is 2.19 bits per heavy atom. The molecule has 1 spiro atoms. The van der Waals surface area contributed by atoms with Crippen molar-refractivity contribution in [3.8, 4) is 0 Å². The number of fused-ring (bicyclic) bond motifs is 2. The Morgan fingerprint density at radius 3 is 2.96 bits per heavy atom. The fraction of sp³-hybridized carbons (Fsp3) is 0.571. The van der Waals surface area contributed by atoms with Gasteiger partial charge in [0.15, 0.2) is 0 Å². The van der Waals surface area contributed by atoms with Gasteiger partial charge < -0.3 is 15.0 Å². The number of aromatic nitrogens is 2. The summed E-state index contributed by atoms with van der Waals surface area (Å²) >= 11 is 0. The van der Waals surface area contributed by atoms with Crippen molar-refractivity contribution in [2.75, 3.05) is 27.2 Å². The maximum absolute atomic E-state index is 13.5. The quantitative estimate of drug-likeness (QED) is 0.817. The van der Waals surface area contributed by atoms with Crippen molar-refractivity contribution in [3.05, 3.63) is 52.6 Å². The first kappa shape index (κ1) is 18.6. The molecule has 1 aromatic heterocycles. The summed E-state index contributed by atoms with van der Waals surface area (Å²) in [5, 5.41) is 10.8. The first-order valence-corrected chi connectivity index (χ1v) is 9.89. The Morgan fingerprint density at radius 1 is 1.37 bits per heavy atom. The van der Waals surface area contributed by atoms with Crippen molar-refractivity contribution in [1.82, 2.24) is 20.4 Å². The molecule has 2 N–H and O–H groups in total. The lowest BCUT2D eigenvalue weighted by Gasteiger charge is -2.37. The van der Waals surface area contributed by atoms with Gasteiger partial charge in [0.25, 0.3) is 0 Å². The van der Waals surface area contributed by atoms with Crippen LogP contribution in [0.15, 0.2) is 24.4 Å². The number of nitrogens with zero attached hydrogens (tertiary/aromatic N) is 2. The van der Waals surface area contributed by atoms with Gasteiger partial charge in [0, 0.05) is 36.8 Å². The highest BCUT2D eigenvalue weighted by Gasteiger charge is 2.43. The standard InChI is InChI=1S/C21H29FN4O/c1-23-9-10-26(2)13-17-12-24-25-20(17)15-5-7-21(8-6-15)19-4-3-18(22)11-16(19)14-27-21/h3-4,11-12,15,23H,5-10,13-14H2,1-2H3,(H,24,25). The second-order valence-electron chi connectivity index (χ2n) is 8.01. The second-order valence-corrected chi connectivity index (χ2v) is 8.01. The van der Waals surface area contributed by atoms with Gasteiger partial charge in [-0.2, -0.15) is 5.10 Å². The van der Waals surface area contributed by atoms with E-state index in [0.29, 0.717) is 12.5 Å². The number of likely N-dealkylation sites (N-methyl/N-ethyl adjacent to an activating group) is 2. The topological polar surface area (TPSA) is 53.2 Å². The Kier molecular flexibility index (Phi) is 5.30. The van der Waals surface area contributed by atoms with Crippen LogP contribution in [0.2, 0.25) is 0 Å². The molecular formula is C21H29FN4O. The highest BCUT2D eigenvalue weighted by Crippen LogP contribution is 2.50. The first-order chi connectivity index (χ1) is 13.1. The van der Waals surface area contributed by atoms with E-state index in [4.69, 9.17) is 4.74 Å². The summed E-state index contributed by atoms with van der Waals surface area (Å²) in [6.45, 7) is 3.43.